The number of pyridine rings is 1. The number of carbonyl (C=O) groups excluding carboxylic acids is 1. The number of hydrogen-bond donors (Lipinski definition) is 2. The molecule has 0 saturated carbocycles. The second kappa shape index (κ2) is 11.8. The molecule has 1 aliphatic rings. The first-order valence-electron chi connectivity index (χ1n) is 14.3. The zero-order valence-corrected chi connectivity index (χ0v) is 24.3. The minimum absolute atomic E-state index is 0.0675. The third kappa shape index (κ3) is 6.05. The van der Waals surface area contributed by atoms with Crippen LogP contribution in [0.3, 0.4) is 0 Å². The monoisotopic (exact) mass is 560 g/mol. The van der Waals surface area contributed by atoms with Crippen molar-refractivity contribution in [3.8, 4) is 16.8 Å². The van der Waals surface area contributed by atoms with Gasteiger partial charge in [-0.25, -0.2) is 9.78 Å². The van der Waals surface area contributed by atoms with E-state index in [9.17, 15) is 4.79 Å². The van der Waals surface area contributed by atoms with Crippen LogP contribution in [0.5, 0.6) is 0 Å². The van der Waals surface area contributed by atoms with Crippen LogP contribution in [0.2, 0.25) is 0 Å². The van der Waals surface area contributed by atoms with Gasteiger partial charge in [0.1, 0.15) is 0 Å². The van der Waals surface area contributed by atoms with E-state index in [1.807, 2.05) is 59.4 Å². The van der Waals surface area contributed by atoms with Crippen molar-refractivity contribution in [3.05, 3.63) is 103 Å². The van der Waals surface area contributed by atoms with Gasteiger partial charge in [0, 0.05) is 49.2 Å². The van der Waals surface area contributed by atoms with Crippen molar-refractivity contribution in [3.63, 3.8) is 0 Å². The number of anilines is 2. The lowest BCUT2D eigenvalue weighted by Gasteiger charge is -2.26. The molecule has 1 fully saturated rings. The molecule has 0 bridgehead atoms. The Hall–Kier alpha value is -4.53. The van der Waals surface area contributed by atoms with Gasteiger partial charge in [-0.3, -0.25) is 9.88 Å². The molecule has 1 aliphatic heterocycles. The first kappa shape index (κ1) is 27.6. The highest BCUT2D eigenvalue weighted by atomic mass is 16.5. The summed E-state index contributed by atoms with van der Waals surface area (Å²) in [6.45, 7) is 10.7. The molecular weight excluding hydrogens is 524 g/mol. The van der Waals surface area contributed by atoms with Crippen LogP contribution in [0, 0.1) is 0 Å². The van der Waals surface area contributed by atoms with Crippen molar-refractivity contribution in [2.75, 3.05) is 36.9 Å². The Morgan fingerprint density at radius 1 is 0.929 bits per heavy atom. The molecule has 5 aromatic rings. The molecule has 3 aromatic carbocycles. The average Bonchev–Trinajstić information content (AvgIpc) is 3.53. The zero-order valence-electron chi connectivity index (χ0n) is 24.3. The molecule has 2 N–H and O–H groups in total. The van der Waals surface area contributed by atoms with Gasteiger partial charge >= 0.3 is 6.03 Å². The molecule has 214 valence electrons. The highest BCUT2D eigenvalue weighted by Crippen LogP contribution is 2.34. The fraction of sp³-hybridized carbons (Fsp3) is 0.265. The molecule has 0 aliphatic carbocycles. The van der Waals surface area contributed by atoms with Gasteiger partial charge < -0.3 is 19.9 Å². The number of morpholine rings is 1. The normalized spacial score (nSPS) is 14.2. The van der Waals surface area contributed by atoms with Crippen molar-refractivity contribution in [1.29, 1.82) is 0 Å². The minimum Gasteiger partial charge on any atom is -0.379 e. The summed E-state index contributed by atoms with van der Waals surface area (Å²) in [6, 6.07) is 22.2. The third-order valence-electron chi connectivity index (χ3n) is 7.69. The molecule has 8 nitrogen and oxygen atoms in total. The lowest BCUT2D eigenvalue weighted by molar-refractivity contribution is 0.0336. The summed E-state index contributed by atoms with van der Waals surface area (Å²) in [7, 11) is 0. The van der Waals surface area contributed by atoms with E-state index < -0.39 is 0 Å². The minimum atomic E-state index is -0.311. The molecule has 0 unspecified atom stereocenters. The molecule has 0 spiro atoms. The van der Waals surface area contributed by atoms with E-state index in [2.05, 4.69) is 65.6 Å². The molecular formula is C34H36N6O2. The largest absolute Gasteiger partial charge is 0.379 e. The number of nitrogens with one attached hydrogen (secondary N) is 2. The van der Waals surface area contributed by atoms with E-state index in [1.54, 1.807) is 12.5 Å². The number of benzene rings is 3. The average molecular weight is 561 g/mol. The van der Waals surface area contributed by atoms with Crippen LogP contribution in [0.1, 0.15) is 32.0 Å². The van der Waals surface area contributed by atoms with Gasteiger partial charge in [-0.15, -0.1) is 0 Å². The van der Waals surface area contributed by atoms with E-state index in [4.69, 9.17) is 9.72 Å². The van der Waals surface area contributed by atoms with Crippen LogP contribution in [-0.4, -0.2) is 51.8 Å². The number of urea groups is 1. The van der Waals surface area contributed by atoms with Crippen molar-refractivity contribution >= 4 is 28.2 Å². The molecule has 6 rings (SSSR count). The molecule has 0 atom stereocenters. The van der Waals surface area contributed by atoms with Crippen molar-refractivity contribution < 1.29 is 9.53 Å². The van der Waals surface area contributed by atoms with Crippen molar-refractivity contribution in [2.24, 2.45) is 0 Å². The van der Waals surface area contributed by atoms with E-state index in [1.165, 1.54) is 0 Å². The zero-order chi connectivity index (χ0) is 29.1. The van der Waals surface area contributed by atoms with E-state index in [0.29, 0.717) is 5.69 Å². The lowest BCUT2D eigenvalue weighted by atomic mass is 9.86. The Morgan fingerprint density at radius 2 is 1.71 bits per heavy atom. The van der Waals surface area contributed by atoms with Crippen molar-refractivity contribution in [1.82, 2.24) is 19.4 Å². The topological polar surface area (TPSA) is 84.3 Å². The van der Waals surface area contributed by atoms with E-state index in [-0.39, 0.29) is 11.4 Å². The van der Waals surface area contributed by atoms with Crippen LogP contribution < -0.4 is 10.6 Å². The Bertz CT molecular complexity index is 1680. The maximum absolute atomic E-state index is 13.4. The number of ether oxygens (including phenoxy) is 1. The number of fused-ring (bicyclic) bond motifs is 1. The molecule has 8 heteroatoms. The number of amides is 2. The van der Waals surface area contributed by atoms with Crippen LogP contribution >= 0.6 is 0 Å². The number of aromatic nitrogens is 3. The maximum Gasteiger partial charge on any atom is 0.323 e. The Kier molecular flexibility index (Phi) is 7.73. The maximum atomic E-state index is 13.4. The fourth-order valence-corrected chi connectivity index (χ4v) is 5.33. The Labute approximate surface area is 246 Å². The number of nitrogens with zero attached hydrogens (tertiary/aromatic N) is 4. The fourth-order valence-electron chi connectivity index (χ4n) is 5.33. The molecule has 2 aromatic heterocycles. The van der Waals surface area contributed by atoms with Gasteiger partial charge in [0.25, 0.3) is 0 Å². The summed E-state index contributed by atoms with van der Waals surface area (Å²) in [5.41, 5.74) is 6.51. The van der Waals surface area contributed by atoms with Gasteiger partial charge in [-0.05, 0) is 46.2 Å². The molecule has 2 amide bonds. The molecule has 1 saturated heterocycles. The summed E-state index contributed by atoms with van der Waals surface area (Å²) in [5.74, 6) is 0. The molecule has 42 heavy (non-hydrogen) atoms. The quantitative estimate of drug-likeness (QED) is 0.237. The number of imidazole rings is 1. The third-order valence-corrected chi connectivity index (χ3v) is 7.69. The van der Waals surface area contributed by atoms with Gasteiger partial charge in [0.05, 0.1) is 42.3 Å². The summed E-state index contributed by atoms with van der Waals surface area (Å²) in [4.78, 5) is 24.7. The number of hydrogen-bond acceptors (Lipinski definition) is 5. The standard InChI is InChI=1S/C34H36N6O2/c1-34(2,3)25-9-13-32(40-15-14-35-23-40)31(20-25)38-33(41)37-30-12-11-27(28-6-4-5-7-29(28)30)24-8-10-26(36-21-24)22-39-16-18-42-19-17-39/h4-15,20-21,23H,16-19,22H2,1-3H3,(H2,37,38,41). The van der Waals surface area contributed by atoms with Crippen LogP contribution in [-0.2, 0) is 16.7 Å². The first-order valence-corrected chi connectivity index (χ1v) is 14.3. The Balaban J connectivity index is 1.25. The van der Waals surface area contributed by atoms with Gasteiger partial charge in [-0.1, -0.05) is 63.2 Å². The summed E-state index contributed by atoms with van der Waals surface area (Å²) in [5, 5.41) is 8.19. The second-order valence-electron chi connectivity index (χ2n) is 11.7. The smallest absolute Gasteiger partial charge is 0.323 e. The van der Waals surface area contributed by atoms with Gasteiger partial charge in [0.15, 0.2) is 0 Å². The van der Waals surface area contributed by atoms with Crippen LogP contribution in [0.15, 0.2) is 91.6 Å². The highest BCUT2D eigenvalue weighted by molar-refractivity contribution is 6.10. The van der Waals surface area contributed by atoms with Gasteiger partial charge in [-0.2, -0.15) is 0 Å². The van der Waals surface area contributed by atoms with E-state index in [0.717, 1.165) is 77.4 Å². The SMILES string of the molecule is CC(C)(C)c1ccc(-n2ccnc2)c(NC(=O)Nc2ccc(-c3ccc(CN4CCOCC4)nc3)c3ccccc23)c1. The second-order valence-corrected chi connectivity index (χ2v) is 11.7. The van der Waals surface area contributed by atoms with E-state index >= 15 is 0 Å². The molecule has 3 heterocycles. The predicted octanol–water partition coefficient (Wildman–Crippen LogP) is 6.86. The number of rotatable bonds is 6. The summed E-state index contributed by atoms with van der Waals surface area (Å²) in [6.07, 6.45) is 7.26. The summed E-state index contributed by atoms with van der Waals surface area (Å²) < 4.78 is 7.36. The highest BCUT2D eigenvalue weighted by Gasteiger charge is 2.18. The number of carbonyl (C=O) groups is 1. The van der Waals surface area contributed by atoms with Crippen molar-refractivity contribution in [2.45, 2.75) is 32.7 Å². The van der Waals surface area contributed by atoms with Crippen LogP contribution in [0.4, 0.5) is 16.2 Å². The summed E-state index contributed by atoms with van der Waals surface area (Å²) >= 11 is 0. The lowest BCUT2D eigenvalue weighted by Crippen LogP contribution is -2.35. The van der Waals surface area contributed by atoms with Crippen LogP contribution in [0.25, 0.3) is 27.6 Å². The first-order chi connectivity index (χ1) is 20.3. The van der Waals surface area contributed by atoms with Gasteiger partial charge in [0.2, 0.25) is 0 Å². The predicted molar refractivity (Wildman–Crippen MR) is 168 cm³/mol. The molecule has 0 radical (unpaired) electrons. The Morgan fingerprint density at radius 3 is 2.43 bits per heavy atom.